The van der Waals surface area contributed by atoms with E-state index in [1.165, 1.54) is 4.68 Å². The molecule has 0 saturated carbocycles. The maximum Gasteiger partial charge on any atom is 0.313 e. The minimum atomic E-state index is -0.900. The Balaban J connectivity index is 2.22. The second kappa shape index (κ2) is 5.70. The molecule has 0 aliphatic carbocycles. The molecule has 1 aromatic heterocycles. The summed E-state index contributed by atoms with van der Waals surface area (Å²) in [4.78, 5) is 12.5. The van der Waals surface area contributed by atoms with Gasteiger partial charge in [0.05, 0.1) is 11.4 Å². The Hall–Kier alpha value is -2.09. The van der Waals surface area contributed by atoms with Crippen LogP contribution in [0.15, 0.2) is 29.4 Å². The number of hydrogen-bond acceptors (Lipinski definition) is 6. The number of aliphatic carboxylic acids is 1. The number of benzene rings is 1. The standard InChI is InChI=1S/C11H13N5O2S/c1-15(2)8-3-5-9(6-4-8)16-11(12-13-14-16)19-7-10(17)18/h3-6H,7H2,1-2H3,(H,17,18). The third kappa shape index (κ3) is 3.22. The van der Waals surface area contributed by atoms with E-state index in [-0.39, 0.29) is 5.75 Å². The molecule has 0 aliphatic heterocycles. The Morgan fingerprint density at radius 1 is 1.37 bits per heavy atom. The lowest BCUT2D eigenvalue weighted by atomic mass is 10.3. The summed E-state index contributed by atoms with van der Waals surface area (Å²) in [5.74, 6) is -0.974. The molecule has 1 heterocycles. The normalized spacial score (nSPS) is 10.4. The molecule has 8 heteroatoms. The molecule has 2 rings (SSSR count). The van der Waals surface area contributed by atoms with E-state index in [0.717, 1.165) is 23.1 Å². The second-order valence-electron chi connectivity index (χ2n) is 3.97. The molecule has 2 aromatic rings. The fraction of sp³-hybridized carbons (Fsp3) is 0.273. The minimum absolute atomic E-state index is 0.0733. The van der Waals surface area contributed by atoms with Gasteiger partial charge >= 0.3 is 5.97 Å². The monoisotopic (exact) mass is 279 g/mol. The van der Waals surface area contributed by atoms with Crippen LogP contribution in [0, 0.1) is 0 Å². The summed E-state index contributed by atoms with van der Waals surface area (Å²) in [5.41, 5.74) is 1.86. The van der Waals surface area contributed by atoms with Gasteiger partial charge in [-0.1, -0.05) is 11.8 Å². The van der Waals surface area contributed by atoms with Gasteiger partial charge in [-0.05, 0) is 34.7 Å². The highest BCUT2D eigenvalue weighted by molar-refractivity contribution is 7.99. The van der Waals surface area contributed by atoms with Crippen molar-refractivity contribution in [1.29, 1.82) is 0 Å². The lowest BCUT2D eigenvalue weighted by molar-refractivity contribution is -0.133. The van der Waals surface area contributed by atoms with Crippen molar-refractivity contribution in [1.82, 2.24) is 20.2 Å². The zero-order valence-electron chi connectivity index (χ0n) is 10.5. The molecular weight excluding hydrogens is 266 g/mol. The number of rotatable bonds is 5. The number of thioether (sulfide) groups is 1. The molecule has 0 spiro atoms. The maximum atomic E-state index is 10.6. The molecule has 1 aromatic carbocycles. The van der Waals surface area contributed by atoms with E-state index in [0.29, 0.717) is 5.16 Å². The fourth-order valence-corrected chi connectivity index (χ4v) is 2.06. The molecule has 7 nitrogen and oxygen atoms in total. The largest absolute Gasteiger partial charge is 0.481 e. The Morgan fingerprint density at radius 3 is 2.63 bits per heavy atom. The third-order valence-electron chi connectivity index (χ3n) is 2.38. The lowest BCUT2D eigenvalue weighted by Gasteiger charge is -2.12. The maximum absolute atomic E-state index is 10.6. The van der Waals surface area contributed by atoms with Gasteiger partial charge in [0, 0.05) is 19.8 Å². The van der Waals surface area contributed by atoms with Crippen LogP contribution in [0.4, 0.5) is 5.69 Å². The number of aromatic nitrogens is 4. The predicted molar refractivity (Wildman–Crippen MR) is 71.8 cm³/mol. The van der Waals surface area contributed by atoms with Gasteiger partial charge in [0.2, 0.25) is 5.16 Å². The quantitative estimate of drug-likeness (QED) is 0.814. The van der Waals surface area contributed by atoms with Gasteiger partial charge in [-0.2, -0.15) is 4.68 Å². The molecule has 0 aliphatic rings. The van der Waals surface area contributed by atoms with Crippen LogP contribution in [0.2, 0.25) is 0 Å². The third-order valence-corrected chi connectivity index (χ3v) is 3.28. The van der Waals surface area contributed by atoms with Gasteiger partial charge in [0.1, 0.15) is 0 Å². The average molecular weight is 279 g/mol. The Bertz CT molecular complexity index is 567. The van der Waals surface area contributed by atoms with E-state index in [9.17, 15) is 4.79 Å². The second-order valence-corrected chi connectivity index (χ2v) is 4.91. The molecule has 0 fully saturated rings. The van der Waals surface area contributed by atoms with Crippen molar-refractivity contribution in [2.24, 2.45) is 0 Å². The van der Waals surface area contributed by atoms with Gasteiger partial charge in [-0.25, -0.2) is 0 Å². The van der Waals surface area contributed by atoms with E-state index in [4.69, 9.17) is 5.11 Å². The molecule has 0 atom stereocenters. The lowest BCUT2D eigenvalue weighted by Crippen LogP contribution is -2.08. The van der Waals surface area contributed by atoms with Gasteiger partial charge in [0.25, 0.3) is 0 Å². The zero-order chi connectivity index (χ0) is 13.8. The van der Waals surface area contributed by atoms with Crippen LogP contribution in [-0.4, -0.2) is 51.1 Å². The van der Waals surface area contributed by atoms with E-state index in [2.05, 4.69) is 15.5 Å². The molecule has 0 bridgehead atoms. The number of carbonyl (C=O) groups is 1. The van der Waals surface area contributed by atoms with Gasteiger partial charge in [-0.3, -0.25) is 4.79 Å². The molecule has 0 radical (unpaired) electrons. The van der Waals surface area contributed by atoms with Crippen LogP contribution in [0.5, 0.6) is 0 Å². The van der Waals surface area contributed by atoms with E-state index in [1.807, 2.05) is 43.3 Å². The fourth-order valence-electron chi connectivity index (χ4n) is 1.45. The van der Waals surface area contributed by atoms with Crippen molar-refractivity contribution in [2.45, 2.75) is 5.16 Å². The SMILES string of the molecule is CN(C)c1ccc(-n2nnnc2SCC(=O)O)cc1. The molecule has 1 N–H and O–H groups in total. The predicted octanol–water partition coefficient (Wildman–Crippen LogP) is 0.905. The van der Waals surface area contributed by atoms with Crippen LogP contribution < -0.4 is 4.90 Å². The summed E-state index contributed by atoms with van der Waals surface area (Å²) in [5, 5.41) is 20.4. The Labute approximate surface area is 114 Å². The van der Waals surface area contributed by atoms with E-state index < -0.39 is 5.97 Å². The first-order chi connectivity index (χ1) is 9.08. The number of anilines is 1. The summed E-state index contributed by atoms with van der Waals surface area (Å²) in [6.45, 7) is 0. The Morgan fingerprint density at radius 2 is 2.05 bits per heavy atom. The first kappa shape index (κ1) is 13.3. The van der Waals surface area contributed by atoms with Gasteiger partial charge in [0.15, 0.2) is 0 Å². The average Bonchev–Trinajstić information content (AvgIpc) is 2.84. The first-order valence-corrected chi connectivity index (χ1v) is 6.47. The van der Waals surface area contributed by atoms with Crippen LogP contribution in [0.1, 0.15) is 0 Å². The highest BCUT2D eigenvalue weighted by atomic mass is 32.2. The number of carboxylic acid groups (broad SMARTS) is 1. The van der Waals surface area contributed by atoms with Gasteiger partial charge in [-0.15, -0.1) is 5.10 Å². The number of tetrazole rings is 1. The first-order valence-electron chi connectivity index (χ1n) is 5.48. The Kier molecular flexibility index (Phi) is 4.00. The number of hydrogen-bond donors (Lipinski definition) is 1. The van der Waals surface area contributed by atoms with Crippen molar-refractivity contribution < 1.29 is 9.90 Å². The minimum Gasteiger partial charge on any atom is -0.481 e. The molecule has 19 heavy (non-hydrogen) atoms. The van der Waals surface area contributed by atoms with Crippen LogP contribution >= 0.6 is 11.8 Å². The summed E-state index contributed by atoms with van der Waals surface area (Å²) in [6.07, 6.45) is 0. The van der Waals surface area contributed by atoms with Crippen LogP contribution in [0.3, 0.4) is 0 Å². The highest BCUT2D eigenvalue weighted by Crippen LogP contribution is 2.20. The molecule has 0 saturated heterocycles. The van der Waals surface area contributed by atoms with E-state index in [1.54, 1.807) is 0 Å². The van der Waals surface area contributed by atoms with E-state index >= 15 is 0 Å². The summed E-state index contributed by atoms with van der Waals surface area (Å²) in [6, 6.07) is 7.67. The van der Waals surface area contributed by atoms with Gasteiger partial charge < -0.3 is 10.0 Å². The van der Waals surface area contributed by atoms with Crippen molar-refractivity contribution in [3.8, 4) is 5.69 Å². The number of nitrogens with zero attached hydrogens (tertiary/aromatic N) is 5. The smallest absolute Gasteiger partial charge is 0.313 e. The highest BCUT2D eigenvalue weighted by Gasteiger charge is 2.10. The van der Waals surface area contributed by atoms with Crippen LogP contribution in [0.25, 0.3) is 5.69 Å². The number of carboxylic acids is 1. The van der Waals surface area contributed by atoms with Crippen molar-refractivity contribution in [3.63, 3.8) is 0 Å². The molecule has 0 unspecified atom stereocenters. The molecule has 100 valence electrons. The van der Waals surface area contributed by atoms with Crippen LogP contribution in [-0.2, 0) is 4.79 Å². The van der Waals surface area contributed by atoms with Crippen molar-refractivity contribution in [3.05, 3.63) is 24.3 Å². The summed E-state index contributed by atoms with van der Waals surface area (Å²) < 4.78 is 1.52. The molecular formula is C11H13N5O2S. The van der Waals surface area contributed by atoms with Crippen molar-refractivity contribution in [2.75, 3.05) is 24.7 Å². The summed E-state index contributed by atoms with van der Waals surface area (Å²) >= 11 is 1.08. The summed E-state index contributed by atoms with van der Waals surface area (Å²) in [7, 11) is 3.92. The van der Waals surface area contributed by atoms with Crippen molar-refractivity contribution >= 4 is 23.4 Å². The zero-order valence-corrected chi connectivity index (χ0v) is 11.3. The topological polar surface area (TPSA) is 84.1 Å². The molecule has 0 amide bonds.